The topological polar surface area (TPSA) is 127 Å². The first kappa shape index (κ1) is 25.0. The van der Waals surface area contributed by atoms with Gasteiger partial charge >= 0.3 is 0 Å². The van der Waals surface area contributed by atoms with Gasteiger partial charge < -0.3 is 21.1 Å². The molecule has 2 saturated carbocycles. The fourth-order valence-corrected chi connectivity index (χ4v) is 5.53. The van der Waals surface area contributed by atoms with Crippen molar-refractivity contribution in [3.63, 3.8) is 0 Å². The van der Waals surface area contributed by atoms with E-state index in [9.17, 15) is 14.4 Å². The van der Waals surface area contributed by atoms with Crippen molar-refractivity contribution in [2.24, 2.45) is 0 Å². The molecule has 0 saturated heterocycles. The lowest BCUT2D eigenvalue weighted by Gasteiger charge is -2.23. The van der Waals surface area contributed by atoms with Gasteiger partial charge in [-0.05, 0) is 49.3 Å². The van der Waals surface area contributed by atoms with E-state index in [1.165, 1.54) is 18.4 Å². The van der Waals surface area contributed by atoms with E-state index < -0.39 is 5.91 Å². The molecule has 2 fully saturated rings. The standard InChI is InChI=1S/C25H33N5O4S/c1-34-19-13-7-12-18(14-19)30(15-20(31)27-16-10-5-6-11-16)25(33)23-21(26)22(29-35-23)24(32)28-17-8-3-2-4-9-17/h7,12-14,16-17H,2-6,8-11,15,26H2,1H3,(H,27,31)(H,28,32). The Morgan fingerprint density at radius 1 is 1.06 bits per heavy atom. The Balaban J connectivity index is 1.55. The number of carbonyl (C=O) groups is 3. The number of benzene rings is 1. The first-order valence-electron chi connectivity index (χ1n) is 12.3. The van der Waals surface area contributed by atoms with Crippen LogP contribution in [-0.2, 0) is 4.79 Å². The zero-order valence-corrected chi connectivity index (χ0v) is 20.9. The van der Waals surface area contributed by atoms with Gasteiger partial charge in [0.2, 0.25) is 5.91 Å². The molecule has 2 aliphatic rings. The average molecular weight is 500 g/mol. The molecule has 35 heavy (non-hydrogen) atoms. The number of nitrogen functional groups attached to an aromatic ring is 1. The van der Waals surface area contributed by atoms with Gasteiger partial charge in [-0.3, -0.25) is 19.3 Å². The molecule has 0 radical (unpaired) electrons. The number of nitrogens with zero attached hydrogens (tertiary/aromatic N) is 2. The lowest BCUT2D eigenvalue weighted by Crippen LogP contribution is -2.43. The second-order valence-corrected chi connectivity index (χ2v) is 10.00. The Labute approximate surface area is 209 Å². The van der Waals surface area contributed by atoms with Gasteiger partial charge in [0.15, 0.2) is 5.69 Å². The van der Waals surface area contributed by atoms with Crippen LogP contribution in [-0.4, -0.2) is 47.8 Å². The highest BCUT2D eigenvalue weighted by Gasteiger charge is 2.30. The number of methoxy groups -OCH3 is 1. The molecule has 10 heteroatoms. The summed E-state index contributed by atoms with van der Waals surface area (Å²) in [6, 6.07) is 7.17. The molecule has 9 nitrogen and oxygen atoms in total. The highest BCUT2D eigenvalue weighted by atomic mass is 32.1. The summed E-state index contributed by atoms with van der Waals surface area (Å²) in [5, 5.41) is 6.02. The average Bonchev–Trinajstić information content (AvgIpc) is 3.52. The van der Waals surface area contributed by atoms with Gasteiger partial charge in [0.1, 0.15) is 17.2 Å². The summed E-state index contributed by atoms with van der Waals surface area (Å²) in [5.74, 6) is -0.532. The Hall–Kier alpha value is -3.14. The van der Waals surface area contributed by atoms with Crippen LogP contribution in [0.2, 0.25) is 0 Å². The number of nitrogens with two attached hydrogens (primary N) is 1. The van der Waals surface area contributed by atoms with Gasteiger partial charge in [-0.15, -0.1) is 0 Å². The third-order valence-corrected chi connectivity index (χ3v) is 7.56. The number of hydrogen-bond donors (Lipinski definition) is 3. The van der Waals surface area contributed by atoms with Crippen molar-refractivity contribution in [2.75, 3.05) is 24.3 Å². The lowest BCUT2D eigenvalue weighted by molar-refractivity contribution is -0.120. The molecule has 4 rings (SSSR count). The van der Waals surface area contributed by atoms with E-state index in [1.807, 2.05) is 0 Å². The van der Waals surface area contributed by atoms with Crippen LogP contribution in [0.25, 0.3) is 0 Å². The second-order valence-electron chi connectivity index (χ2n) is 9.22. The van der Waals surface area contributed by atoms with Crippen molar-refractivity contribution in [3.05, 3.63) is 34.8 Å². The maximum absolute atomic E-state index is 13.6. The van der Waals surface area contributed by atoms with Crippen LogP contribution in [0.3, 0.4) is 0 Å². The van der Waals surface area contributed by atoms with Crippen LogP contribution in [0.15, 0.2) is 24.3 Å². The molecule has 1 aromatic heterocycles. The minimum absolute atomic E-state index is 0.0393. The van der Waals surface area contributed by atoms with E-state index in [0.717, 1.165) is 62.9 Å². The molecule has 0 bridgehead atoms. The molecule has 4 N–H and O–H groups in total. The summed E-state index contributed by atoms with van der Waals surface area (Å²) in [6.45, 7) is -0.177. The van der Waals surface area contributed by atoms with Crippen LogP contribution in [0.5, 0.6) is 5.75 Å². The van der Waals surface area contributed by atoms with Gasteiger partial charge in [0.05, 0.1) is 12.8 Å². The summed E-state index contributed by atoms with van der Waals surface area (Å²) in [4.78, 5) is 40.8. The third-order valence-electron chi connectivity index (χ3n) is 6.71. The van der Waals surface area contributed by atoms with E-state index in [2.05, 4.69) is 15.0 Å². The molecule has 0 atom stereocenters. The van der Waals surface area contributed by atoms with Crippen LogP contribution >= 0.6 is 11.5 Å². The fraction of sp³-hybridized carbons (Fsp3) is 0.520. The number of aromatic nitrogens is 1. The van der Waals surface area contributed by atoms with Crippen LogP contribution in [0, 0.1) is 0 Å². The first-order chi connectivity index (χ1) is 17.0. The smallest absolute Gasteiger partial charge is 0.273 e. The molecule has 188 valence electrons. The van der Waals surface area contributed by atoms with Crippen LogP contribution in [0.1, 0.15) is 77.9 Å². The molecule has 0 unspecified atom stereocenters. The van der Waals surface area contributed by atoms with Crippen molar-refractivity contribution < 1.29 is 19.1 Å². The van der Waals surface area contributed by atoms with Gasteiger partial charge in [0.25, 0.3) is 11.8 Å². The number of nitrogens with one attached hydrogen (secondary N) is 2. The minimum Gasteiger partial charge on any atom is -0.497 e. The second kappa shape index (κ2) is 11.5. The van der Waals surface area contributed by atoms with E-state index in [0.29, 0.717) is 11.4 Å². The number of ether oxygens (including phenoxy) is 1. The number of carbonyl (C=O) groups excluding carboxylic acids is 3. The molecule has 1 heterocycles. The quantitative estimate of drug-likeness (QED) is 0.510. The normalized spacial score (nSPS) is 16.6. The van der Waals surface area contributed by atoms with E-state index >= 15 is 0 Å². The van der Waals surface area contributed by atoms with Crippen molar-refractivity contribution in [2.45, 2.75) is 69.9 Å². The monoisotopic (exact) mass is 499 g/mol. The Bertz CT molecular complexity index is 1060. The number of hydrogen-bond acceptors (Lipinski definition) is 7. The van der Waals surface area contributed by atoms with Crippen molar-refractivity contribution in [3.8, 4) is 5.75 Å². The van der Waals surface area contributed by atoms with Crippen LogP contribution in [0.4, 0.5) is 11.4 Å². The summed E-state index contributed by atoms with van der Waals surface area (Å²) in [7, 11) is 1.54. The number of rotatable bonds is 8. The molecular weight excluding hydrogens is 466 g/mol. The number of amides is 3. The summed E-state index contributed by atoms with van der Waals surface area (Å²) < 4.78 is 9.51. The third kappa shape index (κ3) is 6.11. The van der Waals surface area contributed by atoms with Gasteiger partial charge in [-0.25, -0.2) is 0 Å². The fourth-order valence-electron chi connectivity index (χ4n) is 4.78. The molecular formula is C25H33N5O4S. The zero-order valence-electron chi connectivity index (χ0n) is 20.0. The molecule has 2 aromatic rings. The lowest BCUT2D eigenvalue weighted by atomic mass is 9.95. The highest BCUT2D eigenvalue weighted by molar-refractivity contribution is 7.09. The summed E-state index contributed by atoms with van der Waals surface area (Å²) in [6.07, 6.45) is 9.28. The van der Waals surface area contributed by atoms with E-state index in [1.54, 1.807) is 24.3 Å². The largest absolute Gasteiger partial charge is 0.497 e. The molecule has 3 amide bonds. The number of anilines is 2. The van der Waals surface area contributed by atoms with Crippen LogP contribution < -0.4 is 26.0 Å². The molecule has 2 aliphatic carbocycles. The molecule has 0 spiro atoms. The maximum Gasteiger partial charge on any atom is 0.273 e. The van der Waals surface area contributed by atoms with Gasteiger partial charge in [-0.1, -0.05) is 38.2 Å². The van der Waals surface area contributed by atoms with Crippen molar-refractivity contribution >= 4 is 40.6 Å². The molecule has 0 aliphatic heterocycles. The predicted molar refractivity (Wildman–Crippen MR) is 136 cm³/mol. The Morgan fingerprint density at radius 3 is 2.40 bits per heavy atom. The Morgan fingerprint density at radius 2 is 1.71 bits per heavy atom. The zero-order chi connectivity index (χ0) is 24.8. The highest BCUT2D eigenvalue weighted by Crippen LogP contribution is 2.28. The first-order valence-corrected chi connectivity index (χ1v) is 13.0. The van der Waals surface area contributed by atoms with Gasteiger partial charge in [0, 0.05) is 23.8 Å². The summed E-state index contributed by atoms with van der Waals surface area (Å²) >= 11 is 0.878. The van der Waals surface area contributed by atoms with E-state index in [4.69, 9.17) is 10.5 Å². The SMILES string of the molecule is COc1cccc(N(CC(=O)NC2CCCC2)C(=O)c2snc(C(=O)NC3CCCCC3)c2N)c1. The maximum atomic E-state index is 13.6. The predicted octanol–water partition coefficient (Wildman–Crippen LogP) is 3.50. The van der Waals surface area contributed by atoms with Crippen molar-refractivity contribution in [1.82, 2.24) is 15.0 Å². The molecule has 1 aromatic carbocycles. The van der Waals surface area contributed by atoms with Crippen molar-refractivity contribution in [1.29, 1.82) is 0 Å². The van der Waals surface area contributed by atoms with Gasteiger partial charge in [-0.2, -0.15) is 4.37 Å². The van der Waals surface area contributed by atoms with E-state index in [-0.39, 0.29) is 46.7 Å². The summed E-state index contributed by atoms with van der Waals surface area (Å²) in [5.41, 5.74) is 6.86. The Kier molecular flexibility index (Phi) is 8.22. The minimum atomic E-state index is -0.480.